The van der Waals surface area contributed by atoms with Gasteiger partial charge in [-0.1, -0.05) is 12.1 Å². The molecule has 0 aliphatic rings. The number of nitro groups is 1. The number of nitro benzene ring substituents is 1. The minimum Gasteiger partial charge on any atom is -0.447 e. The van der Waals surface area contributed by atoms with Crippen molar-refractivity contribution in [2.45, 2.75) is 13.5 Å². The minimum absolute atomic E-state index is 0.0121. The van der Waals surface area contributed by atoms with Crippen molar-refractivity contribution in [3.63, 3.8) is 0 Å². The smallest absolute Gasteiger partial charge is 0.407 e. The van der Waals surface area contributed by atoms with Gasteiger partial charge >= 0.3 is 6.09 Å². The normalized spacial score (nSPS) is 9.89. The molecule has 0 unspecified atom stereocenters. The molecule has 0 radical (unpaired) electrons. The van der Waals surface area contributed by atoms with Crippen molar-refractivity contribution in [2.75, 3.05) is 13.2 Å². The molecule has 1 rings (SSSR count). The second kappa shape index (κ2) is 6.55. The first-order valence-corrected chi connectivity index (χ1v) is 5.30. The Hall–Kier alpha value is -2.15. The fourth-order valence-corrected chi connectivity index (χ4v) is 1.42. The number of nitrogens with one attached hydrogen (secondary N) is 1. The number of carbonyl (C=O) groups excluding carboxylic acids is 1. The van der Waals surface area contributed by atoms with Crippen LogP contribution in [0, 0.1) is 17.0 Å². The molecule has 0 saturated carbocycles. The van der Waals surface area contributed by atoms with Crippen LogP contribution in [0.4, 0.5) is 10.5 Å². The highest BCUT2D eigenvalue weighted by molar-refractivity contribution is 5.67. The average molecular weight is 254 g/mol. The maximum atomic E-state index is 11.1. The summed E-state index contributed by atoms with van der Waals surface area (Å²) in [6.07, 6.45) is -0.671. The van der Waals surface area contributed by atoms with Crippen molar-refractivity contribution in [3.05, 3.63) is 39.4 Å². The molecular weight excluding hydrogens is 240 g/mol. The second-order valence-electron chi connectivity index (χ2n) is 3.53. The van der Waals surface area contributed by atoms with E-state index in [1.54, 1.807) is 19.1 Å². The van der Waals surface area contributed by atoms with E-state index in [1.165, 1.54) is 6.07 Å². The largest absolute Gasteiger partial charge is 0.447 e. The Morgan fingerprint density at radius 3 is 2.89 bits per heavy atom. The molecule has 1 aromatic rings. The summed E-state index contributed by atoms with van der Waals surface area (Å²) in [5.41, 5.74) is 1.16. The molecule has 0 heterocycles. The lowest BCUT2D eigenvalue weighted by molar-refractivity contribution is -0.385. The van der Waals surface area contributed by atoms with Gasteiger partial charge in [-0.3, -0.25) is 10.1 Å². The number of rotatable bonds is 5. The van der Waals surface area contributed by atoms with E-state index in [0.717, 1.165) is 0 Å². The SMILES string of the molecule is Cc1c(CNC(=O)OCCO)cccc1[N+](=O)[O-]. The summed E-state index contributed by atoms with van der Waals surface area (Å²) >= 11 is 0. The summed E-state index contributed by atoms with van der Waals surface area (Å²) < 4.78 is 4.60. The topological polar surface area (TPSA) is 102 Å². The number of benzene rings is 1. The number of alkyl carbamates (subject to hydrolysis) is 1. The molecule has 2 N–H and O–H groups in total. The average Bonchev–Trinajstić information content (AvgIpc) is 2.34. The molecule has 98 valence electrons. The Morgan fingerprint density at radius 1 is 1.56 bits per heavy atom. The summed E-state index contributed by atoms with van der Waals surface area (Å²) in [4.78, 5) is 21.4. The zero-order valence-electron chi connectivity index (χ0n) is 9.88. The van der Waals surface area contributed by atoms with E-state index in [9.17, 15) is 14.9 Å². The summed E-state index contributed by atoms with van der Waals surface area (Å²) in [7, 11) is 0. The van der Waals surface area contributed by atoms with E-state index in [0.29, 0.717) is 11.1 Å². The third kappa shape index (κ3) is 3.70. The van der Waals surface area contributed by atoms with Gasteiger partial charge in [-0.05, 0) is 12.5 Å². The molecule has 0 aliphatic heterocycles. The fraction of sp³-hybridized carbons (Fsp3) is 0.364. The third-order valence-electron chi connectivity index (χ3n) is 2.36. The van der Waals surface area contributed by atoms with Crippen LogP contribution in [0.15, 0.2) is 18.2 Å². The van der Waals surface area contributed by atoms with Crippen molar-refractivity contribution in [1.82, 2.24) is 5.32 Å². The second-order valence-corrected chi connectivity index (χ2v) is 3.53. The van der Waals surface area contributed by atoms with E-state index in [-0.39, 0.29) is 25.4 Å². The van der Waals surface area contributed by atoms with E-state index in [2.05, 4.69) is 10.1 Å². The van der Waals surface area contributed by atoms with Gasteiger partial charge in [0.05, 0.1) is 11.5 Å². The summed E-state index contributed by atoms with van der Waals surface area (Å²) in [6, 6.07) is 4.65. The van der Waals surface area contributed by atoms with Crippen LogP contribution >= 0.6 is 0 Å². The molecule has 0 aliphatic carbocycles. The van der Waals surface area contributed by atoms with Crippen LogP contribution in [-0.2, 0) is 11.3 Å². The Bertz CT molecular complexity index is 447. The maximum Gasteiger partial charge on any atom is 0.407 e. The van der Waals surface area contributed by atoms with Crippen molar-refractivity contribution < 1.29 is 19.6 Å². The van der Waals surface area contributed by atoms with E-state index >= 15 is 0 Å². The zero-order chi connectivity index (χ0) is 13.5. The van der Waals surface area contributed by atoms with Gasteiger partial charge in [0.25, 0.3) is 5.69 Å². The molecule has 18 heavy (non-hydrogen) atoms. The fourth-order valence-electron chi connectivity index (χ4n) is 1.42. The van der Waals surface area contributed by atoms with Gasteiger partial charge < -0.3 is 15.2 Å². The van der Waals surface area contributed by atoms with Gasteiger partial charge in [-0.15, -0.1) is 0 Å². The van der Waals surface area contributed by atoms with E-state index in [4.69, 9.17) is 5.11 Å². The molecule has 0 fully saturated rings. The number of amides is 1. The lowest BCUT2D eigenvalue weighted by Crippen LogP contribution is -2.25. The van der Waals surface area contributed by atoms with Crippen LogP contribution in [0.1, 0.15) is 11.1 Å². The van der Waals surface area contributed by atoms with Crippen molar-refractivity contribution in [1.29, 1.82) is 0 Å². The standard InChI is InChI=1S/C11H14N2O5/c1-8-9(3-2-4-10(8)13(16)17)7-12-11(15)18-6-5-14/h2-4,14H,5-7H2,1H3,(H,12,15). The van der Waals surface area contributed by atoms with Crippen LogP contribution in [0.5, 0.6) is 0 Å². The molecule has 1 aromatic carbocycles. The Labute approximate surface area is 104 Å². The molecule has 0 saturated heterocycles. The van der Waals surface area contributed by atoms with Gasteiger partial charge in [-0.2, -0.15) is 0 Å². The van der Waals surface area contributed by atoms with Crippen LogP contribution in [0.3, 0.4) is 0 Å². The molecule has 0 atom stereocenters. The lowest BCUT2D eigenvalue weighted by atomic mass is 10.1. The zero-order valence-corrected chi connectivity index (χ0v) is 9.88. The highest BCUT2D eigenvalue weighted by atomic mass is 16.6. The molecule has 1 amide bonds. The molecule has 7 heteroatoms. The van der Waals surface area contributed by atoms with Crippen LogP contribution in [0.25, 0.3) is 0 Å². The monoisotopic (exact) mass is 254 g/mol. The lowest BCUT2D eigenvalue weighted by Gasteiger charge is -2.08. The number of carbonyl (C=O) groups is 1. The highest BCUT2D eigenvalue weighted by Gasteiger charge is 2.13. The molecule has 0 spiro atoms. The predicted octanol–water partition coefficient (Wildman–Crippen LogP) is 1.12. The number of hydrogen-bond donors (Lipinski definition) is 2. The summed E-state index contributed by atoms with van der Waals surface area (Å²) in [5, 5.41) is 21.6. The number of aliphatic hydroxyl groups is 1. The van der Waals surface area contributed by atoms with Gasteiger partial charge in [0.1, 0.15) is 6.61 Å². The van der Waals surface area contributed by atoms with Crippen LogP contribution < -0.4 is 5.32 Å². The number of ether oxygens (including phenoxy) is 1. The van der Waals surface area contributed by atoms with Gasteiger partial charge in [0.15, 0.2) is 0 Å². The van der Waals surface area contributed by atoms with Crippen molar-refractivity contribution in [3.8, 4) is 0 Å². The molecule has 7 nitrogen and oxygen atoms in total. The first kappa shape index (κ1) is 13.9. The van der Waals surface area contributed by atoms with Crippen molar-refractivity contribution in [2.24, 2.45) is 0 Å². The third-order valence-corrected chi connectivity index (χ3v) is 2.36. The molecule has 0 bridgehead atoms. The van der Waals surface area contributed by atoms with Crippen molar-refractivity contribution >= 4 is 11.8 Å². The number of aliphatic hydroxyl groups excluding tert-OH is 1. The van der Waals surface area contributed by atoms with E-state index < -0.39 is 11.0 Å². The highest BCUT2D eigenvalue weighted by Crippen LogP contribution is 2.20. The van der Waals surface area contributed by atoms with Gasteiger partial charge in [0.2, 0.25) is 0 Å². The summed E-state index contributed by atoms with van der Waals surface area (Å²) in [5.74, 6) is 0. The number of hydrogen-bond acceptors (Lipinski definition) is 5. The van der Waals surface area contributed by atoms with Gasteiger partial charge in [-0.25, -0.2) is 4.79 Å². The first-order valence-electron chi connectivity index (χ1n) is 5.30. The first-order chi connectivity index (χ1) is 8.56. The maximum absolute atomic E-state index is 11.1. The predicted molar refractivity (Wildman–Crippen MR) is 63.1 cm³/mol. The molecular formula is C11H14N2O5. The van der Waals surface area contributed by atoms with E-state index in [1.807, 2.05) is 0 Å². The van der Waals surface area contributed by atoms with Crippen LogP contribution in [-0.4, -0.2) is 29.3 Å². The Morgan fingerprint density at radius 2 is 2.28 bits per heavy atom. The van der Waals surface area contributed by atoms with Gasteiger partial charge in [0, 0.05) is 18.2 Å². The van der Waals surface area contributed by atoms with Crippen LogP contribution in [0.2, 0.25) is 0 Å². The Balaban J connectivity index is 2.65. The number of nitrogens with zero attached hydrogens (tertiary/aromatic N) is 1. The molecule has 0 aromatic heterocycles. The quantitative estimate of drug-likeness (QED) is 0.605. The summed E-state index contributed by atoms with van der Waals surface area (Å²) in [6.45, 7) is 1.43. The Kier molecular flexibility index (Phi) is 5.06. The minimum atomic E-state index is -0.671.